The van der Waals surface area contributed by atoms with Gasteiger partial charge in [0.05, 0.1) is 25.2 Å². The van der Waals surface area contributed by atoms with E-state index in [0.29, 0.717) is 19.6 Å². The fraction of sp³-hybridized carbons (Fsp3) is 0.583. The molecule has 3 heterocycles. The summed E-state index contributed by atoms with van der Waals surface area (Å²) in [4.78, 5) is 33.9. The van der Waals surface area contributed by atoms with E-state index in [0.717, 1.165) is 5.82 Å². The van der Waals surface area contributed by atoms with Crippen LogP contribution in [0.2, 0.25) is 0 Å². The minimum atomic E-state index is -0.497. The van der Waals surface area contributed by atoms with E-state index in [4.69, 9.17) is 10.5 Å². The van der Waals surface area contributed by atoms with Crippen LogP contribution in [-0.4, -0.2) is 70.0 Å². The van der Waals surface area contributed by atoms with Crippen molar-refractivity contribution in [3.05, 3.63) is 18.2 Å². The maximum atomic E-state index is 11.9. The Morgan fingerprint density at radius 2 is 2.40 bits per heavy atom. The van der Waals surface area contributed by atoms with Crippen LogP contribution in [0, 0.1) is 0 Å². The van der Waals surface area contributed by atoms with Crippen molar-refractivity contribution in [2.45, 2.75) is 18.7 Å². The summed E-state index contributed by atoms with van der Waals surface area (Å²) in [7, 11) is 0. The zero-order valence-corrected chi connectivity index (χ0v) is 11.0. The van der Waals surface area contributed by atoms with Crippen LogP contribution >= 0.6 is 0 Å². The number of aromatic nitrogens is 2. The average molecular weight is 279 g/mol. The summed E-state index contributed by atoms with van der Waals surface area (Å²) >= 11 is 0. The highest BCUT2D eigenvalue weighted by Crippen LogP contribution is 2.24. The maximum absolute atomic E-state index is 11.9. The summed E-state index contributed by atoms with van der Waals surface area (Å²) in [6.07, 6.45) is 3.41. The van der Waals surface area contributed by atoms with Gasteiger partial charge in [-0.1, -0.05) is 0 Å². The number of carbonyl (C=O) groups is 2. The first-order valence-corrected chi connectivity index (χ1v) is 6.53. The Morgan fingerprint density at radius 1 is 1.55 bits per heavy atom. The molecule has 0 spiro atoms. The molecule has 0 aromatic carbocycles. The number of H-pyrrole nitrogens is 1. The number of primary amides is 1. The van der Waals surface area contributed by atoms with E-state index in [9.17, 15) is 9.59 Å². The highest BCUT2D eigenvalue weighted by Gasteiger charge is 2.43. The monoisotopic (exact) mass is 279 g/mol. The maximum Gasteiger partial charge on any atom is 0.249 e. The lowest BCUT2D eigenvalue weighted by Crippen LogP contribution is -2.56. The van der Waals surface area contributed by atoms with Crippen molar-refractivity contribution in [3.63, 3.8) is 0 Å². The summed E-state index contributed by atoms with van der Waals surface area (Å²) in [6, 6.07) is -0.112. The molecule has 0 radical (unpaired) electrons. The number of aromatic amines is 1. The van der Waals surface area contributed by atoms with Crippen LogP contribution in [0.3, 0.4) is 0 Å². The second-order valence-corrected chi connectivity index (χ2v) is 5.13. The fourth-order valence-electron chi connectivity index (χ4n) is 2.84. The number of amides is 2. The van der Waals surface area contributed by atoms with Crippen LogP contribution in [0.15, 0.2) is 12.4 Å². The number of likely N-dealkylation sites (tertiary alicyclic amines) is 1. The molecule has 3 rings (SSSR count). The van der Waals surface area contributed by atoms with Crippen molar-refractivity contribution in [1.82, 2.24) is 19.8 Å². The minimum absolute atomic E-state index is 0.0169. The number of nitrogens with one attached hydrogen (secondary N) is 1. The quantitative estimate of drug-likeness (QED) is 0.684. The van der Waals surface area contributed by atoms with Gasteiger partial charge in [-0.15, -0.1) is 0 Å². The Labute approximate surface area is 115 Å². The molecule has 0 saturated carbocycles. The van der Waals surface area contributed by atoms with Gasteiger partial charge in [0.1, 0.15) is 12.4 Å². The van der Waals surface area contributed by atoms with Gasteiger partial charge in [0.25, 0.3) is 0 Å². The van der Waals surface area contributed by atoms with E-state index in [2.05, 4.69) is 14.9 Å². The molecule has 3 N–H and O–H groups in total. The lowest BCUT2D eigenvalue weighted by molar-refractivity contribution is -0.155. The number of carbonyl (C=O) groups excluding carboxylic acids is 2. The standard InChI is InChI=1S/C12H17N5O3/c13-10(18)5-17-8-3-16(6-11-14-1-2-15-11)4-9(8)20-7-12(17)19/h1-2,8-9H,3-7H2,(H2,13,18)(H,14,15). The molecule has 2 aliphatic rings. The molecule has 2 amide bonds. The normalized spacial score (nSPS) is 26.8. The highest BCUT2D eigenvalue weighted by molar-refractivity contribution is 5.85. The Hall–Kier alpha value is -1.93. The molecule has 2 unspecified atom stereocenters. The smallest absolute Gasteiger partial charge is 0.249 e. The van der Waals surface area contributed by atoms with Crippen LogP contribution in [0.25, 0.3) is 0 Å². The first kappa shape index (κ1) is 13.1. The molecule has 0 bridgehead atoms. The Bertz CT molecular complexity index is 503. The van der Waals surface area contributed by atoms with E-state index < -0.39 is 5.91 Å². The molecule has 1 aromatic heterocycles. The number of fused-ring (bicyclic) bond motifs is 1. The average Bonchev–Trinajstić information content (AvgIpc) is 3.02. The summed E-state index contributed by atoms with van der Waals surface area (Å²) in [5, 5.41) is 0. The number of hydrogen-bond donors (Lipinski definition) is 2. The summed E-state index contributed by atoms with van der Waals surface area (Å²) < 4.78 is 5.56. The number of hydrogen-bond acceptors (Lipinski definition) is 5. The number of ether oxygens (including phenoxy) is 1. The minimum Gasteiger partial charge on any atom is -0.368 e. The number of imidazole rings is 1. The third kappa shape index (κ3) is 2.52. The molecule has 8 heteroatoms. The molecule has 2 aliphatic heterocycles. The van der Waals surface area contributed by atoms with Gasteiger partial charge >= 0.3 is 0 Å². The van der Waals surface area contributed by atoms with Crippen LogP contribution in [0.4, 0.5) is 0 Å². The Balaban J connectivity index is 1.68. The molecular weight excluding hydrogens is 262 g/mol. The predicted octanol–water partition coefficient (Wildman–Crippen LogP) is -1.69. The molecule has 0 aliphatic carbocycles. The summed E-state index contributed by atoms with van der Waals surface area (Å²) in [5.74, 6) is 0.199. The van der Waals surface area contributed by atoms with Crippen molar-refractivity contribution in [2.24, 2.45) is 5.73 Å². The Morgan fingerprint density at radius 3 is 3.10 bits per heavy atom. The van der Waals surface area contributed by atoms with Gasteiger partial charge in [-0.25, -0.2) is 4.98 Å². The molecular formula is C12H17N5O3. The van der Waals surface area contributed by atoms with Gasteiger partial charge in [-0.2, -0.15) is 0 Å². The van der Waals surface area contributed by atoms with E-state index in [1.165, 1.54) is 0 Å². The largest absolute Gasteiger partial charge is 0.368 e. The number of morpholine rings is 1. The zero-order valence-electron chi connectivity index (χ0n) is 11.0. The van der Waals surface area contributed by atoms with Gasteiger partial charge in [0, 0.05) is 25.5 Å². The van der Waals surface area contributed by atoms with Gasteiger partial charge in [0.2, 0.25) is 11.8 Å². The number of nitrogens with two attached hydrogens (primary N) is 1. The van der Waals surface area contributed by atoms with Crippen molar-refractivity contribution in [1.29, 1.82) is 0 Å². The van der Waals surface area contributed by atoms with Crippen LogP contribution in [0.5, 0.6) is 0 Å². The van der Waals surface area contributed by atoms with Crippen LogP contribution in [-0.2, 0) is 20.9 Å². The van der Waals surface area contributed by atoms with E-state index >= 15 is 0 Å². The Kier molecular flexibility index (Phi) is 3.41. The molecule has 2 saturated heterocycles. The lowest BCUT2D eigenvalue weighted by Gasteiger charge is -2.35. The van der Waals surface area contributed by atoms with Crippen LogP contribution < -0.4 is 5.73 Å². The van der Waals surface area contributed by atoms with Crippen molar-refractivity contribution < 1.29 is 14.3 Å². The summed E-state index contributed by atoms with van der Waals surface area (Å²) in [6.45, 7) is 2.02. The molecule has 2 atom stereocenters. The predicted molar refractivity (Wildman–Crippen MR) is 68.3 cm³/mol. The van der Waals surface area contributed by atoms with Crippen molar-refractivity contribution >= 4 is 11.8 Å². The molecule has 108 valence electrons. The van der Waals surface area contributed by atoms with Crippen LogP contribution in [0.1, 0.15) is 5.82 Å². The van der Waals surface area contributed by atoms with Crippen molar-refractivity contribution in [3.8, 4) is 0 Å². The first-order chi connectivity index (χ1) is 9.63. The third-order valence-electron chi connectivity index (χ3n) is 3.71. The van der Waals surface area contributed by atoms with E-state index in [1.807, 2.05) is 0 Å². The van der Waals surface area contributed by atoms with E-state index in [-0.39, 0.29) is 31.2 Å². The van der Waals surface area contributed by atoms with E-state index in [1.54, 1.807) is 17.3 Å². The molecule has 2 fully saturated rings. The van der Waals surface area contributed by atoms with Gasteiger partial charge < -0.3 is 20.4 Å². The third-order valence-corrected chi connectivity index (χ3v) is 3.71. The lowest BCUT2D eigenvalue weighted by atomic mass is 10.1. The van der Waals surface area contributed by atoms with Gasteiger partial charge in [0.15, 0.2) is 0 Å². The molecule has 20 heavy (non-hydrogen) atoms. The zero-order chi connectivity index (χ0) is 14.1. The molecule has 8 nitrogen and oxygen atoms in total. The van der Waals surface area contributed by atoms with Gasteiger partial charge in [-0.3, -0.25) is 14.5 Å². The first-order valence-electron chi connectivity index (χ1n) is 6.53. The SMILES string of the molecule is NC(=O)CN1C(=O)COC2CN(Cc3ncc[nH]3)CC21. The molecule has 1 aromatic rings. The topological polar surface area (TPSA) is 105 Å². The number of nitrogens with zero attached hydrogens (tertiary/aromatic N) is 3. The highest BCUT2D eigenvalue weighted by atomic mass is 16.5. The number of rotatable bonds is 4. The second kappa shape index (κ2) is 5.22. The second-order valence-electron chi connectivity index (χ2n) is 5.13. The fourth-order valence-corrected chi connectivity index (χ4v) is 2.84. The van der Waals surface area contributed by atoms with Crippen molar-refractivity contribution in [2.75, 3.05) is 26.2 Å². The summed E-state index contributed by atoms with van der Waals surface area (Å²) in [5.41, 5.74) is 5.21. The van der Waals surface area contributed by atoms with Gasteiger partial charge in [-0.05, 0) is 0 Å².